The van der Waals surface area contributed by atoms with Gasteiger partial charge in [-0.1, -0.05) is 41.4 Å². The molecule has 0 radical (unpaired) electrons. The Morgan fingerprint density at radius 1 is 1.06 bits per heavy atom. The molecule has 0 aromatic heterocycles. The normalized spacial score (nSPS) is 11.4. The van der Waals surface area contributed by atoms with Crippen LogP contribution < -0.4 is 21.3 Å². The minimum absolute atomic E-state index is 0.196. The Hall–Kier alpha value is -2.94. The minimum atomic E-state index is -0.777. The molecular formula is C22H26BrFN4O3. The highest BCUT2D eigenvalue weighted by molar-refractivity contribution is 9.10. The number of benzene rings is 2. The van der Waals surface area contributed by atoms with Crippen LogP contribution in [-0.2, 0) is 16.1 Å². The SMILES string of the molecule is CCCC(NC(=O)NCc1ccc(F)cc1)C(=O)NCC(=O)Nc1ccc(Br)cc1C. The van der Waals surface area contributed by atoms with Crippen LogP contribution in [-0.4, -0.2) is 30.4 Å². The van der Waals surface area contributed by atoms with Crippen LogP contribution in [0.2, 0.25) is 0 Å². The number of nitrogens with one attached hydrogen (secondary N) is 4. The molecule has 0 fully saturated rings. The predicted octanol–water partition coefficient (Wildman–Crippen LogP) is 3.62. The number of carbonyl (C=O) groups is 3. The molecule has 31 heavy (non-hydrogen) atoms. The summed E-state index contributed by atoms with van der Waals surface area (Å²) in [5, 5.41) is 10.6. The lowest BCUT2D eigenvalue weighted by molar-refractivity contribution is -0.125. The maximum absolute atomic E-state index is 12.9. The van der Waals surface area contributed by atoms with Gasteiger partial charge in [0.1, 0.15) is 11.9 Å². The van der Waals surface area contributed by atoms with Crippen LogP contribution in [0.5, 0.6) is 0 Å². The van der Waals surface area contributed by atoms with Gasteiger partial charge in [0.25, 0.3) is 0 Å². The Morgan fingerprint density at radius 3 is 2.42 bits per heavy atom. The predicted molar refractivity (Wildman–Crippen MR) is 121 cm³/mol. The van der Waals surface area contributed by atoms with Crippen molar-refractivity contribution in [1.29, 1.82) is 0 Å². The third kappa shape index (κ3) is 8.37. The number of aryl methyl sites for hydroxylation is 1. The van der Waals surface area contributed by atoms with Crippen molar-refractivity contribution >= 4 is 39.5 Å². The lowest BCUT2D eigenvalue weighted by Gasteiger charge is -2.18. The molecule has 0 aliphatic heterocycles. The molecule has 0 saturated heterocycles. The molecule has 7 nitrogen and oxygen atoms in total. The van der Waals surface area contributed by atoms with E-state index in [1.807, 2.05) is 26.0 Å². The van der Waals surface area contributed by atoms with E-state index in [2.05, 4.69) is 37.2 Å². The molecule has 0 bridgehead atoms. The molecule has 4 amide bonds. The van der Waals surface area contributed by atoms with Gasteiger partial charge in [-0.15, -0.1) is 0 Å². The summed E-state index contributed by atoms with van der Waals surface area (Å²) in [5.74, 6) is -1.16. The Labute approximate surface area is 189 Å². The lowest BCUT2D eigenvalue weighted by Crippen LogP contribution is -2.50. The zero-order valence-electron chi connectivity index (χ0n) is 17.4. The molecule has 0 aliphatic rings. The number of amides is 4. The van der Waals surface area contributed by atoms with E-state index in [0.717, 1.165) is 15.6 Å². The van der Waals surface area contributed by atoms with Crippen molar-refractivity contribution in [2.75, 3.05) is 11.9 Å². The maximum Gasteiger partial charge on any atom is 0.315 e. The van der Waals surface area contributed by atoms with E-state index in [4.69, 9.17) is 0 Å². The monoisotopic (exact) mass is 492 g/mol. The minimum Gasteiger partial charge on any atom is -0.345 e. The maximum atomic E-state index is 12.9. The summed E-state index contributed by atoms with van der Waals surface area (Å²) in [6, 6.07) is 9.91. The van der Waals surface area contributed by atoms with Gasteiger partial charge in [0.15, 0.2) is 0 Å². The fraction of sp³-hybridized carbons (Fsp3) is 0.318. The van der Waals surface area contributed by atoms with Gasteiger partial charge in [-0.2, -0.15) is 0 Å². The summed E-state index contributed by atoms with van der Waals surface area (Å²) in [6.07, 6.45) is 1.09. The van der Waals surface area contributed by atoms with Gasteiger partial charge in [0, 0.05) is 16.7 Å². The third-order valence-corrected chi connectivity index (χ3v) is 4.94. The molecular weight excluding hydrogens is 467 g/mol. The smallest absolute Gasteiger partial charge is 0.315 e. The second kappa shape index (κ2) is 12.0. The molecule has 1 atom stereocenters. The van der Waals surface area contributed by atoms with Crippen molar-refractivity contribution in [1.82, 2.24) is 16.0 Å². The summed E-state index contributed by atoms with van der Waals surface area (Å²) in [5.41, 5.74) is 2.27. The van der Waals surface area contributed by atoms with Crippen molar-refractivity contribution in [2.24, 2.45) is 0 Å². The fourth-order valence-electron chi connectivity index (χ4n) is 2.80. The highest BCUT2D eigenvalue weighted by Gasteiger charge is 2.20. The van der Waals surface area contributed by atoms with Crippen LogP contribution in [0.3, 0.4) is 0 Å². The van der Waals surface area contributed by atoms with Gasteiger partial charge in [0.2, 0.25) is 11.8 Å². The molecule has 1 unspecified atom stereocenters. The van der Waals surface area contributed by atoms with Crippen LogP contribution >= 0.6 is 15.9 Å². The Balaban J connectivity index is 1.82. The Bertz CT molecular complexity index is 921. The summed E-state index contributed by atoms with van der Waals surface area (Å²) in [6.45, 7) is 3.74. The zero-order chi connectivity index (χ0) is 22.8. The van der Waals surface area contributed by atoms with Crippen molar-refractivity contribution < 1.29 is 18.8 Å². The average molecular weight is 493 g/mol. The zero-order valence-corrected chi connectivity index (χ0v) is 19.0. The standard InChI is InChI=1S/C22H26BrFN4O3/c1-3-4-19(28-22(31)26-12-15-5-8-17(24)9-6-15)21(30)25-13-20(29)27-18-10-7-16(23)11-14(18)2/h5-11,19H,3-4,12-13H2,1-2H3,(H,25,30)(H,27,29)(H2,26,28,31). The quantitative estimate of drug-likeness (QED) is 0.430. The number of carbonyl (C=O) groups excluding carboxylic acids is 3. The van der Waals surface area contributed by atoms with Crippen molar-refractivity contribution in [2.45, 2.75) is 39.3 Å². The molecule has 2 aromatic rings. The number of hydrogen-bond acceptors (Lipinski definition) is 3. The Kier molecular flexibility index (Phi) is 9.45. The molecule has 0 aliphatic carbocycles. The topological polar surface area (TPSA) is 99.3 Å². The van der Waals surface area contributed by atoms with Crippen LogP contribution in [0, 0.1) is 12.7 Å². The van der Waals surface area contributed by atoms with Crippen LogP contribution in [0.15, 0.2) is 46.9 Å². The molecule has 0 heterocycles. The van der Waals surface area contributed by atoms with Gasteiger partial charge in [-0.25, -0.2) is 9.18 Å². The summed E-state index contributed by atoms with van der Waals surface area (Å²) in [4.78, 5) is 36.8. The highest BCUT2D eigenvalue weighted by atomic mass is 79.9. The second-order valence-corrected chi connectivity index (χ2v) is 7.94. The van der Waals surface area contributed by atoms with Crippen molar-refractivity contribution in [3.63, 3.8) is 0 Å². The summed E-state index contributed by atoms with van der Waals surface area (Å²) < 4.78 is 13.8. The Morgan fingerprint density at radius 2 is 1.77 bits per heavy atom. The highest BCUT2D eigenvalue weighted by Crippen LogP contribution is 2.19. The molecule has 0 spiro atoms. The molecule has 4 N–H and O–H groups in total. The number of hydrogen-bond donors (Lipinski definition) is 4. The first-order valence-electron chi connectivity index (χ1n) is 9.91. The summed E-state index contributed by atoms with van der Waals surface area (Å²) in [7, 11) is 0. The van der Waals surface area contributed by atoms with Crippen LogP contribution in [0.1, 0.15) is 30.9 Å². The first-order chi connectivity index (χ1) is 14.8. The van der Waals surface area contributed by atoms with E-state index in [-0.39, 0.29) is 24.8 Å². The molecule has 2 aromatic carbocycles. The molecule has 9 heteroatoms. The van der Waals surface area contributed by atoms with Gasteiger partial charge >= 0.3 is 6.03 Å². The van der Waals surface area contributed by atoms with Gasteiger partial charge in [-0.3, -0.25) is 9.59 Å². The summed E-state index contributed by atoms with van der Waals surface area (Å²) >= 11 is 3.37. The third-order valence-electron chi connectivity index (χ3n) is 4.45. The van der Waals surface area contributed by atoms with Gasteiger partial charge in [0.05, 0.1) is 6.54 Å². The lowest BCUT2D eigenvalue weighted by atomic mass is 10.1. The van der Waals surface area contributed by atoms with Crippen LogP contribution in [0.25, 0.3) is 0 Å². The van der Waals surface area contributed by atoms with E-state index in [9.17, 15) is 18.8 Å². The van der Waals surface area contributed by atoms with Crippen LogP contribution in [0.4, 0.5) is 14.9 Å². The van der Waals surface area contributed by atoms with Crippen molar-refractivity contribution in [3.8, 4) is 0 Å². The fourth-order valence-corrected chi connectivity index (χ4v) is 3.28. The first-order valence-corrected chi connectivity index (χ1v) is 10.7. The molecule has 0 saturated carbocycles. The number of rotatable bonds is 9. The van der Waals surface area contributed by atoms with E-state index < -0.39 is 18.0 Å². The van der Waals surface area contributed by atoms with E-state index in [1.165, 1.54) is 12.1 Å². The number of anilines is 1. The van der Waals surface area contributed by atoms with Gasteiger partial charge < -0.3 is 21.3 Å². The van der Waals surface area contributed by atoms with E-state index in [0.29, 0.717) is 18.5 Å². The van der Waals surface area contributed by atoms with Gasteiger partial charge in [-0.05, 0) is 54.8 Å². The van der Waals surface area contributed by atoms with Crippen molar-refractivity contribution in [3.05, 3.63) is 63.9 Å². The average Bonchev–Trinajstić information content (AvgIpc) is 2.73. The second-order valence-electron chi connectivity index (χ2n) is 7.02. The molecule has 2 rings (SSSR count). The largest absolute Gasteiger partial charge is 0.345 e. The first kappa shape index (κ1) is 24.3. The van der Waals surface area contributed by atoms with E-state index >= 15 is 0 Å². The number of halogens is 2. The number of urea groups is 1. The molecule has 166 valence electrons. The van der Waals surface area contributed by atoms with E-state index in [1.54, 1.807) is 18.2 Å².